The predicted molar refractivity (Wildman–Crippen MR) is 74.4 cm³/mol. The SMILES string of the molecule is N#Cc1cccc(CNC(=O)c2cnccc2NN)c1. The molecule has 0 atom stereocenters. The molecular formula is C14H13N5O. The van der Waals surface area contributed by atoms with Gasteiger partial charge in [0.05, 0.1) is 22.9 Å². The zero-order valence-corrected chi connectivity index (χ0v) is 10.6. The van der Waals surface area contributed by atoms with Crippen molar-refractivity contribution in [2.75, 3.05) is 5.43 Å². The number of nitrogens with zero attached hydrogens (tertiary/aromatic N) is 2. The molecule has 0 saturated heterocycles. The van der Waals surface area contributed by atoms with E-state index in [2.05, 4.69) is 21.8 Å². The number of rotatable bonds is 4. The highest BCUT2D eigenvalue weighted by Gasteiger charge is 2.10. The summed E-state index contributed by atoms with van der Waals surface area (Å²) in [6, 6.07) is 10.7. The molecule has 4 N–H and O–H groups in total. The van der Waals surface area contributed by atoms with Crippen LogP contribution in [0.15, 0.2) is 42.7 Å². The monoisotopic (exact) mass is 267 g/mol. The molecule has 20 heavy (non-hydrogen) atoms. The average molecular weight is 267 g/mol. The number of benzene rings is 1. The summed E-state index contributed by atoms with van der Waals surface area (Å²) < 4.78 is 0. The van der Waals surface area contributed by atoms with Crippen LogP contribution < -0.4 is 16.6 Å². The molecule has 2 rings (SSSR count). The summed E-state index contributed by atoms with van der Waals surface area (Å²) in [6.45, 7) is 0.327. The number of hydrogen-bond donors (Lipinski definition) is 3. The Morgan fingerprint density at radius 2 is 2.25 bits per heavy atom. The van der Waals surface area contributed by atoms with E-state index in [1.807, 2.05) is 6.07 Å². The first-order valence-electron chi connectivity index (χ1n) is 5.92. The smallest absolute Gasteiger partial charge is 0.255 e. The van der Waals surface area contributed by atoms with Crippen LogP contribution in [0.25, 0.3) is 0 Å². The fraction of sp³-hybridized carbons (Fsp3) is 0.0714. The second kappa shape index (κ2) is 6.31. The third kappa shape index (κ3) is 3.10. The van der Waals surface area contributed by atoms with Gasteiger partial charge in [0.2, 0.25) is 0 Å². The molecule has 1 heterocycles. The molecule has 0 radical (unpaired) electrons. The first-order chi connectivity index (χ1) is 9.74. The zero-order chi connectivity index (χ0) is 14.4. The lowest BCUT2D eigenvalue weighted by Crippen LogP contribution is -2.25. The van der Waals surface area contributed by atoms with Gasteiger partial charge in [0.25, 0.3) is 5.91 Å². The quantitative estimate of drug-likeness (QED) is 0.570. The molecule has 1 aromatic carbocycles. The number of carbonyl (C=O) groups is 1. The van der Waals surface area contributed by atoms with Crippen molar-refractivity contribution in [1.82, 2.24) is 10.3 Å². The highest BCUT2D eigenvalue weighted by molar-refractivity contribution is 5.99. The number of nitrogen functional groups attached to an aromatic ring is 1. The molecule has 0 unspecified atom stereocenters. The highest BCUT2D eigenvalue weighted by atomic mass is 16.1. The summed E-state index contributed by atoms with van der Waals surface area (Å²) in [6.07, 6.45) is 2.98. The summed E-state index contributed by atoms with van der Waals surface area (Å²) >= 11 is 0. The Morgan fingerprint density at radius 1 is 1.40 bits per heavy atom. The topological polar surface area (TPSA) is 104 Å². The van der Waals surface area contributed by atoms with Gasteiger partial charge in [-0.05, 0) is 23.8 Å². The van der Waals surface area contributed by atoms with E-state index in [1.165, 1.54) is 6.20 Å². The number of hydrogen-bond acceptors (Lipinski definition) is 5. The summed E-state index contributed by atoms with van der Waals surface area (Å²) in [5, 5.41) is 11.6. The van der Waals surface area contributed by atoms with Gasteiger partial charge >= 0.3 is 0 Å². The van der Waals surface area contributed by atoms with Gasteiger partial charge in [-0.25, -0.2) is 0 Å². The van der Waals surface area contributed by atoms with Gasteiger partial charge in [0.1, 0.15) is 0 Å². The van der Waals surface area contributed by atoms with Gasteiger partial charge < -0.3 is 10.7 Å². The summed E-state index contributed by atoms with van der Waals surface area (Å²) in [5.41, 5.74) is 4.73. The minimum atomic E-state index is -0.284. The highest BCUT2D eigenvalue weighted by Crippen LogP contribution is 2.12. The normalized spacial score (nSPS) is 9.60. The molecule has 1 amide bonds. The maximum atomic E-state index is 12.0. The molecule has 1 aromatic heterocycles. The molecule has 0 aliphatic rings. The number of nitriles is 1. The van der Waals surface area contributed by atoms with Gasteiger partial charge in [-0.2, -0.15) is 5.26 Å². The maximum Gasteiger partial charge on any atom is 0.255 e. The molecule has 100 valence electrons. The van der Waals surface area contributed by atoms with Crippen LogP contribution in [0.5, 0.6) is 0 Å². The van der Waals surface area contributed by atoms with Crippen molar-refractivity contribution in [3.63, 3.8) is 0 Å². The predicted octanol–water partition coefficient (Wildman–Crippen LogP) is 1.17. The minimum Gasteiger partial charge on any atom is -0.348 e. The lowest BCUT2D eigenvalue weighted by Gasteiger charge is -2.09. The molecule has 0 saturated carbocycles. The van der Waals surface area contributed by atoms with Crippen LogP contribution in [0.2, 0.25) is 0 Å². The number of hydrazine groups is 1. The van der Waals surface area contributed by atoms with Gasteiger partial charge in [0.15, 0.2) is 0 Å². The molecule has 6 nitrogen and oxygen atoms in total. The molecular weight excluding hydrogens is 254 g/mol. The third-order valence-electron chi connectivity index (χ3n) is 2.73. The van der Waals surface area contributed by atoms with Crippen LogP contribution >= 0.6 is 0 Å². The fourth-order valence-electron chi connectivity index (χ4n) is 1.73. The number of nitrogens with one attached hydrogen (secondary N) is 2. The Morgan fingerprint density at radius 3 is 3.00 bits per heavy atom. The van der Waals surface area contributed by atoms with Gasteiger partial charge in [-0.15, -0.1) is 0 Å². The minimum absolute atomic E-state index is 0.284. The average Bonchev–Trinajstić information content (AvgIpc) is 2.52. The molecule has 0 aliphatic carbocycles. The van der Waals surface area contributed by atoms with E-state index < -0.39 is 0 Å². The second-order valence-corrected chi connectivity index (χ2v) is 4.06. The first kappa shape index (κ1) is 13.5. The van der Waals surface area contributed by atoms with Crippen molar-refractivity contribution < 1.29 is 4.79 Å². The van der Waals surface area contributed by atoms with E-state index in [0.717, 1.165) is 5.56 Å². The molecule has 2 aromatic rings. The Kier molecular flexibility index (Phi) is 4.27. The van der Waals surface area contributed by atoms with E-state index in [9.17, 15) is 4.79 Å². The number of amides is 1. The van der Waals surface area contributed by atoms with Crippen LogP contribution in [0.1, 0.15) is 21.5 Å². The van der Waals surface area contributed by atoms with E-state index in [1.54, 1.807) is 30.5 Å². The number of aromatic nitrogens is 1. The lowest BCUT2D eigenvalue weighted by atomic mass is 10.1. The Labute approximate surface area is 116 Å². The standard InChI is InChI=1S/C14H13N5O/c15-7-10-2-1-3-11(6-10)8-18-14(20)12-9-17-5-4-13(12)19-16/h1-6,9H,8,16H2,(H,17,19)(H,18,20). The van der Waals surface area contributed by atoms with Crippen LogP contribution in [0.3, 0.4) is 0 Å². The van der Waals surface area contributed by atoms with Crippen LogP contribution in [-0.4, -0.2) is 10.9 Å². The van der Waals surface area contributed by atoms with Crippen LogP contribution in [0, 0.1) is 11.3 Å². The number of pyridine rings is 1. The fourth-order valence-corrected chi connectivity index (χ4v) is 1.73. The molecule has 6 heteroatoms. The first-order valence-corrected chi connectivity index (χ1v) is 5.92. The number of carbonyl (C=O) groups excluding carboxylic acids is 1. The van der Waals surface area contributed by atoms with Crippen LogP contribution in [0.4, 0.5) is 5.69 Å². The molecule has 0 bridgehead atoms. The number of nitrogens with two attached hydrogens (primary N) is 1. The third-order valence-corrected chi connectivity index (χ3v) is 2.73. The van der Waals surface area contributed by atoms with Gasteiger partial charge in [0, 0.05) is 18.9 Å². The Balaban J connectivity index is 2.07. The number of anilines is 1. The second-order valence-electron chi connectivity index (χ2n) is 4.06. The summed E-state index contributed by atoms with van der Waals surface area (Å²) in [5.74, 6) is 5.06. The Bertz CT molecular complexity index is 663. The van der Waals surface area contributed by atoms with Crippen molar-refractivity contribution >= 4 is 11.6 Å². The largest absolute Gasteiger partial charge is 0.348 e. The maximum absolute atomic E-state index is 12.0. The summed E-state index contributed by atoms with van der Waals surface area (Å²) in [4.78, 5) is 15.9. The zero-order valence-electron chi connectivity index (χ0n) is 10.6. The molecule has 0 fully saturated rings. The summed E-state index contributed by atoms with van der Waals surface area (Å²) in [7, 11) is 0. The van der Waals surface area contributed by atoms with Crippen LogP contribution in [-0.2, 0) is 6.54 Å². The van der Waals surface area contributed by atoms with Gasteiger partial charge in [-0.1, -0.05) is 12.1 Å². The van der Waals surface area contributed by atoms with Gasteiger partial charge in [-0.3, -0.25) is 15.6 Å². The van der Waals surface area contributed by atoms with E-state index in [-0.39, 0.29) is 5.91 Å². The van der Waals surface area contributed by atoms with Crippen molar-refractivity contribution in [1.29, 1.82) is 5.26 Å². The van der Waals surface area contributed by atoms with Crippen molar-refractivity contribution in [3.8, 4) is 6.07 Å². The lowest BCUT2D eigenvalue weighted by molar-refractivity contribution is 0.0951. The van der Waals surface area contributed by atoms with Crippen molar-refractivity contribution in [2.45, 2.75) is 6.54 Å². The van der Waals surface area contributed by atoms with E-state index in [4.69, 9.17) is 11.1 Å². The molecule has 0 spiro atoms. The van der Waals surface area contributed by atoms with Crippen molar-refractivity contribution in [2.24, 2.45) is 5.84 Å². The Hall–Kier alpha value is -2.91. The molecule has 0 aliphatic heterocycles. The van der Waals surface area contributed by atoms with E-state index in [0.29, 0.717) is 23.4 Å². The van der Waals surface area contributed by atoms with E-state index >= 15 is 0 Å². The van der Waals surface area contributed by atoms with Crippen molar-refractivity contribution in [3.05, 3.63) is 59.4 Å².